The summed E-state index contributed by atoms with van der Waals surface area (Å²) in [4.78, 5) is 30.6. The fourth-order valence-corrected chi connectivity index (χ4v) is 3.54. The summed E-state index contributed by atoms with van der Waals surface area (Å²) < 4.78 is 6.87. The van der Waals surface area contributed by atoms with Gasteiger partial charge in [-0.2, -0.15) is 9.78 Å². The highest BCUT2D eigenvalue weighted by atomic mass is 16.5. The number of hydrogen-bond donors (Lipinski definition) is 0. The lowest BCUT2D eigenvalue weighted by atomic mass is 10.2. The average Bonchev–Trinajstić information content (AvgIpc) is 2.90. The fourth-order valence-electron chi connectivity index (χ4n) is 3.54. The van der Waals surface area contributed by atoms with E-state index in [4.69, 9.17) is 9.72 Å². The number of aromatic nitrogens is 2. The molecule has 0 aliphatic rings. The topological polar surface area (TPSA) is 73.5 Å². The van der Waals surface area contributed by atoms with Gasteiger partial charge in [0.1, 0.15) is 5.75 Å². The first-order valence-electron chi connectivity index (χ1n) is 10.7. The van der Waals surface area contributed by atoms with E-state index in [1.807, 2.05) is 42.5 Å². The Kier molecular flexibility index (Phi) is 5.78. The SMILES string of the molecule is O=C(Oc1ccccc1C=Nn1c(-c2ccccc2)nc2ccccc2c1=O)c1ccccc1. The zero-order valence-electron chi connectivity index (χ0n) is 18.0. The maximum absolute atomic E-state index is 13.3. The Morgan fingerprint density at radius 2 is 1.44 bits per heavy atom. The monoisotopic (exact) mass is 445 g/mol. The molecule has 0 saturated carbocycles. The van der Waals surface area contributed by atoms with Crippen molar-refractivity contribution in [2.45, 2.75) is 0 Å². The predicted octanol–water partition coefficient (Wildman–Crippen LogP) is 5.16. The van der Waals surface area contributed by atoms with Crippen molar-refractivity contribution >= 4 is 23.1 Å². The molecule has 34 heavy (non-hydrogen) atoms. The van der Waals surface area contributed by atoms with Crippen molar-refractivity contribution in [3.05, 3.63) is 131 Å². The third-order valence-electron chi connectivity index (χ3n) is 5.23. The van der Waals surface area contributed by atoms with Gasteiger partial charge in [0, 0.05) is 11.1 Å². The number of nitrogens with zero attached hydrogens (tertiary/aromatic N) is 3. The summed E-state index contributed by atoms with van der Waals surface area (Å²) in [7, 11) is 0. The van der Waals surface area contributed by atoms with Crippen molar-refractivity contribution in [3.63, 3.8) is 0 Å². The van der Waals surface area contributed by atoms with Crippen LogP contribution in [0.4, 0.5) is 0 Å². The molecule has 0 fully saturated rings. The molecule has 0 saturated heterocycles. The summed E-state index contributed by atoms with van der Waals surface area (Å²) in [6.07, 6.45) is 1.50. The van der Waals surface area contributed by atoms with Crippen LogP contribution in [-0.2, 0) is 0 Å². The number of rotatable bonds is 5. The van der Waals surface area contributed by atoms with Crippen LogP contribution >= 0.6 is 0 Å². The van der Waals surface area contributed by atoms with E-state index in [0.29, 0.717) is 33.6 Å². The Bertz CT molecular complexity index is 1560. The maximum atomic E-state index is 13.3. The summed E-state index contributed by atoms with van der Waals surface area (Å²) >= 11 is 0. The second-order valence-electron chi connectivity index (χ2n) is 7.47. The second kappa shape index (κ2) is 9.34. The Morgan fingerprint density at radius 1 is 0.794 bits per heavy atom. The molecule has 4 aromatic carbocycles. The highest BCUT2D eigenvalue weighted by Gasteiger charge is 2.13. The van der Waals surface area contributed by atoms with Gasteiger partial charge in [-0.05, 0) is 36.4 Å². The first-order valence-corrected chi connectivity index (χ1v) is 10.7. The van der Waals surface area contributed by atoms with Crippen LogP contribution in [0.5, 0.6) is 5.75 Å². The van der Waals surface area contributed by atoms with Gasteiger partial charge < -0.3 is 4.74 Å². The van der Waals surface area contributed by atoms with E-state index >= 15 is 0 Å². The third-order valence-corrected chi connectivity index (χ3v) is 5.23. The highest BCUT2D eigenvalue weighted by molar-refractivity contribution is 5.93. The lowest BCUT2D eigenvalue weighted by molar-refractivity contribution is 0.0734. The quantitative estimate of drug-likeness (QED) is 0.213. The van der Waals surface area contributed by atoms with Crippen LogP contribution in [0, 0.1) is 0 Å². The third kappa shape index (κ3) is 4.25. The minimum absolute atomic E-state index is 0.292. The van der Waals surface area contributed by atoms with Crippen LogP contribution in [0.1, 0.15) is 15.9 Å². The van der Waals surface area contributed by atoms with E-state index < -0.39 is 5.97 Å². The van der Waals surface area contributed by atoms with Gasteiger partial charge in [-0.25, -0.2) is 9.78 Å². The number of hydrogen-bond acceptors (Lipinski definition) is 5. The lowest BCUT2D eigenvalue weighted by Crippen LogP contribution is -2.20. The van der Waals surface area contributed by atoms with Crippen LogP contribution in [0.15, 0.2) is 119 Å². The molecule has 6 nitrogen and oxygen atoms in total. The van der Waals surface area contributed by atoms with E-state index in [1.54, 1.807) is 66.7 Å². The van der Waals surface area contributed by atoms with Crippen molar-refractivity contribution in [1.29, 1.82) is 0 Å². The van der Waals surface area contributed by atoms with Gasteiger partial charge in [0.05, 0.1) is 22.7 Å². The fraction of sp³-hybridized carbons (Fsp3) is 0. The zero-order chi connectivity index (χ0) is 23.3. The minimum atomic E-state index is -0.476. The Morgan fingerprint density at radius 3 is 2.24 bits per heavy atom. The molecule has 0 aliphatic heterocycles. The minimum Gasteiger partial charge on any atom is -0.422 e. The normalized spacial score (nSPS) is 11.1. The molecule has 0 unspecified atom stereocenters. The number of esters is 1. The van der Waals surface area contributed by atoms with Crippen molar-refractivity contribution in [2.75, 3.05) is 0 Å². The Balaban J connectivity index is 1.57. The summed E-state index contributed by atoms with van der Waals surface area (Å²) in [5.41, 5.74) is 2.04. The van der Waals surface area contributed by atoms with Gasteiger partial charge >= 0.3 is 5.97 Å². The molecule has 6 heteroatoms. The number of ether oxygens (including phenoxy) is 1. The van der Waals surface area contributed by atoms with E-state index in [0.717, 1.165) is 5.56 Å². The maximum Gasteiger partial charge on any atom is 0.343 e. The first-order chi connectivity index (χ1) is 16.7. The summed E-state index contributed by atoms with van der Waals surface area (Å²) in [5.74, 6) is 0.276. The number of benzene rings is 4. The molecule has 1 heterocycles. The second-order valence-corrected chi connectivity index (χ2v) is 7.47. The number of fused-ring (bicyclic) bond motifs is 1. The van der Waals surface area contributed by atoms with Crippen molar-refractivity contribution in [1.82, 2.24) is 9.66 Å². The van der Waals surface area contributed by atoms with Gasteiger partial charge in [-0.3, -0.25) is 4.79 Å². The summed E-state index contributed by atoms with van der Waals surface area (Å²) in [5, 5.41) is 4.93. The lowest BCUT2D eigenvalue weighted by Gasteiger charge is -2.10. The molecule has 0 aliphatic carbocycles. The molecule has 0 spiro atoms. The van der Waals surface area contributed by atoms with Crippen LogP contribution in [0.25, 0.3) is 22.3 Å². The molecule has 0 atom stereocenters. The molecule has 0 bridgehead atoms. The van der Waals surface area contributed by atoms with Gasteiger partial charge in [0.15, 0.2) is 5.82 Å². The van der Waals surface area contributed by atoms with Gasteiger partial charge in [0.25, 0.3) is 5.56 Å². The summed E-state index contributed by atoms with van der Waals surface area (Å²) in [6, 6.07) is 32.3. The number of para-hydroxylation sites is 2. The molecular weight excluding hydrogens is 426 g/mol. The van der Waals surface area contributed by atoms with Gasteiger partial charge in [-0.1, -0.05) is 72.8 Å². The first kappa shape index (κ1) is 21.0. The zero-order valence-corrected chi connectivity index (χ0v) is 18.0. The van der Waals surface area contributed by atoms with Crippen LogP contribution in [-0.4, -0.2) is 21.8 Å². The molecule has 1 aromatic heterocycles. The number of carbonyl (C=O) groups is 1. The molecule has 0 N–H and O–H groups in total. The van der Waals surface area contributed by atoms with Gasteiger partial charge in [-0.15, -0.1) is 0 Å². The van der Waals surface area contributed by atoms with Crippen LogP contribution in [0.2, 0.25) is 0 Å². The Labute approximate surface area is 195 Å². The van der Waals surface area contributed by atoms with E-state index in [2.05, 4.69) is 5.10 Å². The Hall–Kier alpha value is -4.84. The van der Waals surface area contributed by atoms with Crippen molar-refractivity contribution in [2.24, 2.45) is 5.10 Å². The number of carbonyl (C=O) groups excluding carboxylic acids is 1. The molecule has 164 valence electrons. The van der Waals surface area contributed by atoms with Crippen LogP contribution in [0.3, 0.4) is 0 Å². The standard InChI is InChI=1S/C28H19N3O3/c32-27-23-16-8-9-17-24(23)30-26(20-11-3-1-4-12-20)31(27)29-19-22-15-7-10-18-25(22)34-28(33)21-13-5-2-6-14-21/h1-19H. The summed E-state index contributed by atoms with van der Waals surface area (Å²) in [6.45, 7) is 0. The molecule has 0 amide bonds. The predicted molar refractivity (Wildman–Crippen MR) is 132 cm³/mol. The van der Waals surface area contributed by atoms with Gasteiger partial charge in [0.2, 0.25) is 0 Å². The van der Waals surface area contributed by atoms with E-state index in [9.17, 15) is 9.59 Å². The molecule has 5 rings (SSSR count). The molecule has 5 aromatic rings. The average molecular weight is 445 g/mol. The van der Waals surface area contributed by atoms with E-state index in [-0.39, 0.29) is 5.56 Å². The highest BCUT2D eigenvalue weighted by Crippen LogP contribution is 2.20. The smallest absolute Gasteiger partial charge is 0.343 e. The van der Waals surface area contributed by atoms with Crippen molar-refractivity contribution in [3.8, 4) is 17.1 Å². The van der Waals surface area contributed by atoms with E-state index in [1.165, 1.54) is 10.9 Å². The van der Waals surface area contributed by atoms with Crippen molar-refractivity contribution < 1.29 is 9.53 Å². The largest absolute Gasteiger partial charge is 0.422 e. The van der Waals surface area contributed by atoms with Crippen LogP contribution < -0.4 is 10.3 Å². The molecule has 0 radical (unpaired) electrons. The molecular formula is C28H19N3O3.